The van der Waals surface area contributed by atoms with Crippen LogP contribution in [0.1, 0.15) is 22.3 Å². The van der Waals surface area contributed by atoms with Gasteiger partial charge in [0, 0.05) is 11.5 Å². The van der Waals surface area contributed by atoms with E-state index in [0.717, 1.165) is 22.8 Å². The molecular formula is C27H24O3. The zero-order valence-electron chi connectivity index (χ0n) is 17.2. The van der Waals surface area contributed by atoms with Crippen molar-refractivity contribution in [1.82, 2.24) is 0 Å². The van der Waals surface area contributed by atoms with Crippen molar-refractivity contribution < 1.29 is 14.3 Å². The molecule has 0 saturated heterocycles. The summed E-state index contributed by atoms with van der Waals surface area (Å²) < 4.78 is 11.1. The number of carbonyl (C=O) groups excluding carboxylic acids is 1. The molecule has 0 amide bonds. The van der Waals surface area contributed by atoms with Gasteiger partial charge in [0.05, 0.1) is 7.11 Å². The Bertz CT molecular complexity index is 1070. The van der Waals surface area contributed by atoms with Gasteiger partial charge in [-0.2, -0.15) is 0 Å². The summed E-state index contributed by atoms with van der Waals surface area (Å²) in [6.45, 7) is 2.08. The third-order valence-electron chi connectivity index (χ3n) is 5.25. The van der Waals surface area contributed by atoms with Gasteiger partial charge >= 0.3 is 0 Å². The number of Topliss-reactive ketones (excluding diaryl/α,β-unsaturated/α-hetero) is 1. The van der Waals surface area contributed by atoms with Crippen molar-refractivity contribution in [3.05, 3.63) is 108 Å². The Hall–Kier alpha value is -3.59. The fourth-order valence-corrected chi connectivity index (χ4v) is 3.44. The summed E-state index contributed by atoms with van der Waals surface area (Å²) in [5.41, 5.74) is 4.28. The minimum atomic E-state index is -0.172. The Morgan fingerprint density at radius 3 is 2.00 bits per heavy atom. The Kier molecular flexibility index (Phi) is 5.80. The van der Waals surface area contributed by atoms with Crippen LogP contribution in [0.15, 0.2) is 96.8 Å². The van der Waals surface area contributed by atoms with Gasteiger partial charge in [0.25, 0.3) is 0 Å². The summed E-state index contributed by atoms with van der Waals surface area (Å²) in [6, 6.07) is 23.8. The highest BCUT2D eigenvalue weighted by molar-refractivity contribution is 5.99. The fraction of sp³-hybridized carbons (Fsp3) is 0.148. The molecule has 0 spiro atoms. The topological polar surface area (TPSA) is 35.5 Å². The number of ether oxygens (including phenoxy) is 2. The first kappa shape index (κ1) is 19.7. The van der Waals surface area contributed by atoms with Gasteiger partial charge in [-0.25, -0.2) is 0 Å². The maximum Gasteiger partial charge on any atom is 0.170 e. The van der Waals surface area contributed by atoms with Crippen molar-refractivity contribution >= 4 is 5.78 Å². The summed E-state index contributed by atoms with van der Waals surface area (Å²) in [6.07, 6.45) is 6.39. The smallest absolute Gasteiger partial charge is 0.170 e. The van der Waals surface area contributed by atoms with Crippen molar-refractivity contribution in [2.24, 2.45) is 5.92 Å². The second-order valence-electron chi connectivity index (χ2n) is 7.39. The predicted octanol–water partition coefficient (Wildman–Crippen LogP) is 6.39. The number of hydrogen-bond acceptors (Lipinski definition) is 3. The van der Waals surface area contributed by atoms with E-state index in [1.165, 1.54) is 11.1 Å². The lowest BCUT2D eigenvalue weighted by molar-refractivity contribution is 0.0945. The van der Waals surface area contributed by atoms with E-state index in [1.54, 1.807) is 19.2 Å². The van der Waals surface area contributed by atoms with Crippen molar-refractivity contribution in [2.45, 2.75) is 13.3 Å². The van der Waals surface area contributed by atoms with Crippen LogP contribution in [0.5, 0.6) is 11.5 Å². The van der Waals surface area contributed by atoms with E-state index in [-0.39, 0.29) is 11.7 Å². The number of methoxy groups -OCH3 is 1. The molecule has 0 radical (unpaired) electrons. The van der Waals surface area contributed by atoms with Crippen LogP contribution in [-0.4, -0.2) is 12.9 Å². The predicted molar refractivity (Wildman–Crippen MR) is 120 cm³/mol. The molecule has 0 bridgehead atoms. The highest BCUT2D eigenvalue weighted by Crippen LogP contribution is 2.26. The molecule has 1 aliphatic carbocycles. The van der Waals surface area contributed by atoms with Gasteiger partial charge < -0.3 is 9.47 Å². The first-order chi connectivity index (χ1) is 14.6. The van der Waals surface area contributed by atoms with E-state index < -0.39 is 0 Å². The lowest BCUT2D eigenvalue weighted by Gasteiger charge is -2.16. The molecule has 0 N–H and O–H groups in total. The van der Waals surface area contributed by atoms with E-state index >= 15 is 0 Å². The zero-order valence-corrected chi connectivity index (χ0v) is 17.2. The van der Waals surface area contributed by atoms with Crippen LogP contribution >= 0.6 is 0 Å². The number of benzene rings is 3. The van der Waals surface area contributed by atoms with Crippen LogP contribution in [0, 0.1) is 12.8 Å². The number of carbonyl (C=O) groups is 1. The van der Waals surface area contributed by atoms with Crippen molar-refractivity contribution in [1.29, 1.82) is 0 Å². The first-order valence-corrected chi connectivity index (χ1v) is 10.0. The van der Waals surface area contributed by atoms with Crippen LogP contribution in [0.3, 0.4) is 0 Å². The van der Waals surface area contributed by atoms with Gasteiger partial charge in [0.15, 0.2) is 5.78 Å². The van der Waals surface area contributed by atoms with E-state index in [0.29, 0.717) is 12.0 Å². The molecule has 3 nitrogen and oxygen atoms in total. The summed E-state index contributed by atoms with van der Waals surface area (Å²) in [5.74, 6) is 2.22. The Labute approximate surface area is 177 Å². The molecule has 3 aromatic carbocycles. The third-order valence-corrected chi connectivity index (χ3v) is 5.25. The van der Waals surface area contributed by atoms with Crippen LogP contribution < -0.4 is 9.47 Å². The first-order valence-electron chi connectivity index (χ1n) is 10.0. The van der Waals surface area contributed by atoms with Crippen LogP contribution in [-0.2, 0) is 0 Å². The summed E-state index contributed by atoms with van der Waals surface area (Å²) >= 11 is 0. The van der Waals surface area contributed by atoms with Gasteiger partial charge in [-0.1, -0.05) is 48.0 Å². The molecule has 0 fully saturated rings. The Morgan fingerprint density at radius 1 is 0.833 bits per heavy atom. The zero-order chi connectivity index (χ0) is 20.9. The molecule has 3 heteroatoms. The molecule has 0 aromatic heterocycles. The van der Waals surface area contributed by atoms with Crippen molar-refractivity contribution in [2.75, 3.05) is 7.11 Å². The number of aryl methyl sites for hydroxylation is 1. The van der Waals surface area contributed by atoms with E-state index in [9.17, 15) is 4.79 Å². The molecular weight excluding hydrogens is 372 g/mol. The van der Waals surface area contributed by atoms with E-state index in [4.69, 9.17) is 9.47 Å². The molecule has 3 aromatic rings. The molecule has 4 rings (SSSR count). The van der Waals surface area contributed by atoms with Crippen LogP contribution in [0.25, 0.3) is 11.1 Å². The molecule has 1 atom stereocenters. The minimum absolute atomic E-state index is 0.103. The fourth-order valence-electron chi connectivity index (χ4n) is 3.44. The quantitative estimate of drug-likeness (QED) is 0.453. The normalized spacial score (nSPS) is 15.4. The molecule has 30 heavy (non-hydrogen) atoms. The maximum absolute atomic E-state index is 12.7. The van der Waals surface area contributed by atoms with E-state index in [2.05, 4.69) is 43.3 Å². The lowest BCUT2D eigenvalue weighted by Crippen LogP contribution is -2.14. The summed E-state index contributed by atoms with van der Waals surface area (Å²) in [5, 5.41) is 0. The second kappa shape index (κ2) is 8.83. The van der Waals surface area contributed by atoms with E-state index in [1.807, 2.05) is 42.5 Å². The van der Waals surface area contributed by atoms with Gasteiger partial charge in [-0.15, -0.1) is 0 Å². The van der Waals surface area contributed by atoms with Gasteiger partial charge in [0.2, 0.25) is 0 Å². The Morgan fingerprint density at radius 2 is 1.43 bits per heavy atom. The third kappa shape index (κ3) is 4.52. The number of ketones is 1. The second-order valence-corrected chi connectivity index (χ2v) is 7.39. The monoisotopic (exact) mass is 396 g/mol. The minimum Gasteiger partial charge on any atom is -0.497 e. The largest absolute Gasteiger partial charge is 0.497 e. The highest BCUT2D eigenvalue weighted by Gasteiger charge is 2.19. The van der Waals surface area contributed by atoms with Gasteiger partial charge in [-0.05, 0) is 73.0 Å². The molecule has 1 aliphatic rings. The maximum atomic E-state index is 12.7. The standard InChI is InChI=1S/C27H24O3/c1-19-3-5-20(6-4-19)21-7-15-25(16-8-21)30-26-17-11-23(12-18-26)27(28)22-9-13-24(29-2)14-10-22/h3-11,13-18,23H,12H2,1-2H3. The highest BCUT2D eigenvalue weighted by atomic mass is 16.5. The van der Waals surface area contributed by atoms with Gasteiger partial charge in [-0.3, -0.25) is 4.79 Å². The Balaban J connectivity index is 1.37. The SMILES string of the molecule is COc1ccc(C(=O)C2C=CC(Oc3ccc(-c4ccc(C)cc4)cc3)=CC2)cc1. The summed E-state index contributed by atoms with van der Waals surface area (Å²) in [4.78, 5) is 12.7. The number of rotatable bonds is 6. The average molecular weight is 396 g/mol. The van der Waals surface area contributed by atoms with Crippen molar-refractivity contribution in [3.63, 3.8) is 0 Å². The molecule has 1 unspecified atom stereocenters. The van der Waals surface area contributed by atoms with Gasteiger partial charge in [0.1, 0.15) is 17.3 Å². The summed E-state index contributed by atoms with van der Waals surface area (Å²) in [7, 11) is 1.61. The number of allylic oxidation sites excluding steroid dienone is 3. The molecule has 0 heterocycles. The molecule has 0 saturated carbocycles. The molecule has 150 valence electrons. The lowest BCUT2D eigenvalue weighted by atomic mass is 9.91. The average Bonchev–Trinajstić information content (AvgIpc) is 2.80. The molecule has 0 aliphatic heterocycles. The number of hydrogen-bond donors (Lipinski definition) is 0. The van der Waals surface area contributed by atoms with Crippen molar-refractivity contribution in [3.8, 4) is 22.6 Å². The van der Waals surface area contributed by atoms with Crippen LogP contribution in [0.2, 0.25) is 0 Å². The van der Waals surface area contributed by atoms with Crippen LogP contribution in [0.4, 0.5) is 0 Å².